The maximum Gasteiger partial charge on any atom is 0.279 e. The molecule has 3 aromatic carbocycles. The van der Waals surface area contributed by atoms with Crippen LogP contribution in [-0.2, 0) is 10.0 Å². The lowest BCUT2D eigenvalue weighted by Gasteiger charge is -2.17. The number of sulfonamides is 1. The molecule has 5 rings (SSSR count). The lowest BCUT2D eigenvalue weighted by molar-refractivity contribution is -0.383. The molecule has 4 aromatic rings. The number of amides is 2. The Morgan fingerprint density at radius 2 is 1.95 bits per heavy atom. The zero-order valence-electron chi connectivity index (χ0n) is 23.1. The number of nitro groups is 1. The number of fused-ring (bicyclic) bond motifs is 4. The average Bonchev–Trinajstić information content (AvgIpc) is 3.56. The van der Waals surface area contributed by atoms with Crippen molar-refractivity contribution in [2.75, 3.05) is 44.6 Å². The van der Waals surface area contributed by atoms with Gasteiger partial charge in [0.05, 0.1) is 20.9 Å². The summed E-state index contributed by atoms with van der Waals surface area (Å²) in [5.74, 6) is -1.16. The first-order chi connectivity index (χ1) is 20.4. The minimum Gasteiger partial charge on any atom is -0.492 e. The molecule has 1 aliphatic rings. The van der Waals surface area contributed by atoms with Crippen LogP contribution in [0.3, 0.4) is 0 Å². The number of benzene rings is 3. The van der Waals surface area contributed by atoms with E-state index in [0.717, 1.165) is 18.0 Å². The maximum atomic E-state index is 13.8. The van der Waals surface area contributed by atoms with Crippen LogP contribution in [0.4, 0.5) is 16.2 Å². The summed E-state index contributed by atoms with van der Waals surface area (Å²) in [7, 11) is 4.54. The number of ether oxygens (including phenoxy) is 1. The Hall–Kier alpha value is -4.18. The van der Waals surface area contributed by atoms with E-state index in [1.807, 2.05) is 36.0 Å². The highest BCUT2D eigenvalue weighted by Crippen LogP contribution is 2.46. The highest BCUT2D eigenvalue weighted by Gasteiger charge is 2.37. The number of non-ortho nitro benzene ring substituents is 1. The molecule has 0 aliphatic carbocycles. The van der Waals surface area contributed by atoms with Gasteiger partial charge in [0.2, 0.25) is 7.85 Å². The van der Waals surface area contributed by atoms with E-state index in [9.17, 15) is 28.1 Å². The standard InChI is InChI=1S/C27H26BClN6O7S/c1-33(2)7-8-42-17-3-6-21-15(9-17)10-22(30-21)26(36)34-14-16(13-29)25-19-5-4-18(43(40,41)32-31-27(28)37)11-20(19)23(35(38)39)12-24(25)34/h3-6,9-12,16,30,32H,7-8,13-14H2,1-2H3,(H,31,37). The summed E-state index contributed by atoms with van der Waals surface area (Å²) < 4.78 is 31.1. The monoisotopic (exact) mass is 624 g/mol. The van der Waals surface area contributed by atoms with Crippen molar-refractivity contribution < 1.29 is 27.7 Å². The number of aromatic nitrogens is 1. The van der Waals surface area contributed by atoms with Gasteiger partial charge in [0.15, 0.2) is 5.81 Å². The molecule has 16 heteroatoms. The number of hydrogen-bond donors (Lipinski definition) is 3. The van der Waals surface area contributed by atoms with Crippen LogP contribution < -0.4 is 19.9 Å². The van der Waals surface area contributed by atoms with Crippen LogP contribution in [0.2, 0.25) is 0 Å². The van der Waals surface area contributed by atoms with E-state index in [1.54, 1.807) is 17.6 Å². The van der Waals surface area contributed by atoms with Crippen LogP contribution in [0.25, 0.3) is 21.7 Å². The highest BCUT2D eigenvalue weighted by atomic mass is 35.5. The van der Waals surface area contributed by atoms with Crippen molar-refractivity contribution in [2.45, 2.75) is 10.8 Å². The Kier molecular flexibility index (Phi) is 8.34. The average molecular weight is 625 g/mol. The fourth-order valence-corrected chi connectivity index (χ4v) is 6.20. The van der Waals surface area contributed by atoms with Crippen molar-refractivity contribution in [2.24, 2.45) is 0 Å². The quantitative estimate of drug-likeness (QED) is 0.105. The van der Waals surface area contributed by atoms with E-state index in [1.165, 1.54) is 23.1 Å². The molecule has 2 amide bonds. The summed E-state index contributed by atoms with van der Waals surface area (Å²) in [4.78, 5) is 44.4. The van der Waals surface area contributed by atoms with Crippen molar-refractivity contribution in [3.63, 3.8) is 0 Å². The van der Waals surface area contributed by atoms with Gasteiger partial charge in [-0.05, 0) is 61.4 Å². The largest absolute Gasteiger partial charge is 0.492 e. The van der Waals surface area contributed by atoms with E-state index in [2.05, 4.69) is 4.98 Å². The van der Waals surface area contributed by atoms with Gasteiger partial charge < -0.3 is 19.5 Å². The van der Waals surface area contributed by atoms with Gasteiger partial charge >= 0.3 is 0 Å². The number of carbonyl (C=O) groups excluding carboxylic acids is 2. The third-order valence-corrected chi connectivity index (χ3v) is 8.70. The number of nitro benzene ring substituents is 1. The molecule has 0 saturated heterocycles. The number of likely N-dealkylation sites (N-methyl/N-ethyl adjacent to an activating group) is 1. The molecule has 1 aliphatic heterocycles. The predicted octanol–water partition coefficient (Wildman–Crippen LogP) is 3.22. The van der Waals surface area contributed by atoms with Gasteiger partial charge in [0, 0.05) is 41.9 Å². The summed E-state index contributed by atoms with van der Waals surface area (Å²) in [5, 5.41) is 13.3. The van der Waals surface area contributed by atoms with Crippen molar-refractivity contribution in [1.29, 1.82) is 0 Å². The molecule has 0 saturated carbocycles. The number of hydrogen-bond acceptors (Lipinski definition) is 8. The summed E-state index contributed by atoms with van der Waals surface area (Å²) in [6, 6.07) is 12.2. The van der Waals surface area contributed by atoms with Crippen molar-refractivity contribution in [1.82, 2.24) is 20.1 Å². The molecular formula is C27H26BClN6O7S. The van der Waals surface area contributed by atoms with Crippen molar-refractivity contribution in [3.05, 3.63) is 69.9 Å². The zero-order valence-corrected chi connectivity index (χ0v) is 24.7. The van der Waals surface area contributed by atoms with Gasteiger partial charge in [-0.3, -0.25) is 25.1 Å². The van der Waals surface area contributed by atoms with E-state index < -0.39 is 32.3 Å². The molecule has 13 nitrogen and oxygen atoms in total. The van der Waals surface area contributed by atoms with E-state index in [-0.39, 0.29) is 34.3 Å². The Balaban J connectivity index is 1.54. The van der Waals surface area contributed by atoms with Gasteiger partial charge in [-0.2, -0.15) is 0 Å². The number of anilines is 1. The summed E-state index contributed by atoms with van der Waals surface area (Å²) >= 11 is 6.32. The molecule has 1 atom stereocenters. The molecule has 1 aromatic heterocycles. The number of hydrazine groups is 1. The number of carbonyl (C=O) groups is 2. The minimum atomic E-state index is -4.30. The first kappa shape index (κ1) is 30.3. The molecular weight excluding hydrogens is 599 g/mol. The number of aromatic amines is 1. The number of nitrogens with one attached hydrogen (secondary N) is 3. The Bertz CT molecular complexity index is 1880. The first-order valence-corrected chi connectivity index (χ1v) is 15.0. The molecule has 2 radical (unpaired) electrons. The SMILES string of the molecule is [B]C(=O)NNS(=O)(=O)c1ccc2c3c(cc([N+](=O)[O-])c2c1)N(C(=O)c1cc2cc(OCCN(C)C)ccc2[nH]1)CC3CCl. The maximum absolute atomic E-state index is 13.8. The van der Waals surface area contributed by atoms with Crippen LogP contribution in [0.5, 0.6) is 5.75 Å². The second-order valence-electron chi connectivity index (χ2n) is 10.2. The third-order valence-electron chi connectivity index (χ3n) is 7.09. The van der Waals surface area contributed by atoms with E-state index in [0.29, 0.717) is 34.5 Å². The fraction of sp³-hybridized carbons (Fsp3) is 0.259. The topological polar surface area (TPSA) is 167 Å². The molecule has 43 heavy (non-hydrogen) atoms. The molecule has 3 N–H and O–H groups in total. The molecule has 222 valence electrons. The smallest absolute Gasteiger partial charge is 0.279 e. The normalized spacial score (nSPS) is 14.8. The zero-order chi connectivity index (χ0) is 31.1. The van der Waals surface area contributed by atoms with Gasteiger partial charge in [0.1, 0.15) is 18.1 Å². The number of alkyl halides is 1. The van der Waals surface area contributed by atoms with Gasteiger partial charge in [-0.1, -0.05) is 6.07 Å². The number of nitrogens with zero attached hydrogens (tertiary/aromatic N) is 3. The molecule has 1 unspecified atom stereocenters. The van der Waals surface area contributed by atoms with Crippen molar-refractivity contribution in [3.8, 4) is 5.75 Å². The van der Waals surface area contributed by atoms with Crippen molar-refractivity contribution >= 4 is 74.2 Å². The van der Waals surface area contributed by atoms with Gasteiger partial charge in [-0.15, -0.1) is 16.4 Å². The predicted molar refractivity (Wildman–Crippen MR) is 163 cm³/mol. The molecule has 2 heterocycles. The lowest BCUT2D eigenvalue weighted by atomic mass is 9.95. The van der Waals surface area contributed by atoms with Gasteiger partial charge in [-0.25, -0.2) is 8.42 Å². The van der Waals surface area contributed by atoms with Gasteiger partial charge in [0.25, 0.3) is 21.6 Å². The molecule has 0 spiro atoms. The Morgan fingerprint density at radius 1 is 1.19 bits per heavy atom. The minimum absolute atomic E-state index is 0.0301. The highest BCUT2D eigenvalue weighted by molar-refractivity contribution is 7.89. The number of rotatable bonds is 10. The van der Waals surface area contributed by atoms with Crippen LogP contribution in [-0.4, -0.2) is 82.5 Å². The van der Waals surface area contributed by atoms with Crippen LogP contribution in [0.15, 0.2) is 53.4 Å². The number of H-pyrrole nitrogens is 1. The Labute approximate surface area is 252 Å². The van der Waals surface area contributed by atoms with E-state index in [4.69, 9.17) is 24.2 Å². The summed E-state index contributed by atoms with van der Waals surface area (Å²) in [6.45, 7) is 1.40. The van der Waals surface area contributed by atoms with Crippen LogP contribution in [0.1, 0.15) is 22.0 Å². The third kappa shape index (κ3) is 6.02. The summed E-state index contributed by atoms with van der Waals surface area (Å²) in [6.07, 6.45) is 0. The van der Waals surface area contributed by atoms with Crippen LogP contribution >= 0.6 is 11.6 Å². The Morgan fingerprint density at radius 3 is 2.63 bits per heavy atom. The fourth-order valence-electron chi connectivity index (χ4n) is 5.08. The second kappa shape index (κ2) is 11.8. The van der Waals surface area contributed by atoms with E-state index >= 15 is 0 Å². The van der Waals surface area contributed by atoms with Crippen LogP contribution in [0, 0.1) is 10.1 Å². The summed E-state index contributed by atoms with van der Waals surface area (Å²) in [5.41, 5.74) is 3.27. The molecule has 0 bridgehead atoms. The number of halogens is 1. The second-order valence-corrected chi connectivity index (χ2v) is 12.2. The lowest BCUT2D eigenvalue weighted by Crippen LogP contribution is -2.40. The molecule has 0 fully saturated rings. The first-order valence-electron chi connectivity index (χ1n) is 13.0.